The van der Waals surface area contributed by atoms with Crippen LogP contribution in [0.5, 0.6) is 0 Å². The van der Waals surface area contributed by atoms with Crippen LogP contribution >= 0.6 is 0 Å². The van der Waals surface area contributed by atoms with Crippen molar-refractivity contribution >= 4 is 30.0 Å². The molecule has 3 heterocycles. The molecule has 5 atom stereocenters. The maximum atomic E-state index is 13.6. The number of amides is 3. The van der Waals surface area contributed by atoms with Crippen LogP contribution in [-0.2, 0) is 32.1 Å². The molecule has 0 spiro atoms. The number of carbonyl (C=O) groups excluding carboxylic acids is 3. The Balaban J connectivity index is 1.62. The molecule has 2 aromatic rings. The lowest BCUT2D eigenvalue weighted by atomic mass is 10.1. The van der Waals surface area contributed by atoms with E-state index in [1.807, 2.05) is 0 Å². The zero-order chi connectivity index (χ0) is 57.8. The van der Waals surface area contributed by atoms with Crippen molar-refractivity contribution in [1.82, 2.24) is 40.5 Å². The number of aromatic amines is 1. The van der Waals surface area contributed by atoms with E-state index in [2.05, 4.69) is 79.4 Å². The van der Waals surface area contributed by atoms with Gasteiger partial charge < -0.3 is 53.1 Å². The van der Waals surface area contributed by atoms with Gasteiger partial charge in [0.2, 0.25) is 5.91 Å². The molecule has 452 valence electrons. The Morgan fingerprint density at radius 3 is 1.66 bits per heavy atom. The van der Waals surface area contributed by atoms with Crippen LogP contribution in [0.4, 0.5) is 9.59 Å². The Hall–Kier alpha value is -6.19. The van der Waals surface area contributed by atoms with Gasteiger partial charge in [-0.15, -0.1) is 5.10 Å². The summed E-state index contributed by atoms with van der Waals surface area (Å²) in [6.45, 7) is 5.44. The number of hydrogen-bond donors (Lipinski definition) is 8. The average Bonchev–Trinajstić information content (AvgIpc) is 4.02. The summed E-state index contributed by atoms with van der Waals surface area (Å²) in [5, 5.41) is 16.9. The first-order valence-electron chi connectivity index (χ1n) is 30.4. The highest BCUT2D eigenvalue weighted by Gasteiger charge is 2.51. The normalized spacial score (nSPS) is 16.4. The van der Waals surface area contributed by atoms with Gasteiger partial charge in [0.15, 0.2) is 30.4 Å². The number of rotatable bonds is 46. The molecule has 22 nitrogen and oxygen atoms in total. The molecule has 22 heteroatoms. The molecular weight excluding hydrogens is 1020 g/mol. The first-order valence-corrected chi connectivity index (χ1v) is 30.4. The molecule has 1 fully saturated rings. The monoisotopic (exact) mass is 1120 g/mol. The van der Waals surface area contributed by atoms with Crippen molar-refractivity contribution in [2.24, 2.45) is 32.9 Å². The fourth-order valence-electron chi connectivity index (χ4n) is 9.51. The van der Waals surface area contributed by atoms with E-state index >= 15 is 0 Å². The SMILES string of the molecule is CCCCCCCC/C=C\CCCCCCCCNC(=O)O[C@@H]1[C@H](OC(=O)NCCCCCCCC/C=C\CCCCCCCC)[C@@H](Cn2cc(CNC(=O)[C@H](CCCCN=C(N)N)N=C(N)N)nn2)O[C@H]1n1ccc(=O)[nH]c1=O. The molecule has 0 aliphatic carbocycles. The zero-order valence-corrected chi connectivity index (χ0v) is 48.6. The molecule has 2 aromatic heterocycles. The molecule has 0 aromatic carbocycles. The second kappa shape index (κ2) is 43.6. The van der Waals surface area contributed by atoms with E-state index < -0.39 is 59.9 Å². The molecule has 1 aliphatic rings. The fraction of sp³-hybridized carbons (Fsp3) is 0.741. The Labute approximate surface area is 475 Å². The number of hydrogen-bond acceptors (Lipinski definition) is 12. The van der Waals surface area contributed by atoms with Crippen LogP contribution in [0.1, 0.15) is 225 Å². The molecule has 1 saturated heterocycles. The molecule has 0 bridgehead atoms. The quantitative estimate of drug-likeness (QED) is 0.0133. The summed E-state index contributed by atoms with van der Waals surface area (Å²) < 4.78 is 21.0. The van der Waals surface area contributed by atoms with E-state index in [4.69, 9.17) is 37.1 Å². The summed E-state index contributed by atoms with van der Waals surface area (Å²) in [4.78, 5) is 76.1. The highest BCUT2D eigenvalue weighted by molar-refractivity contribution is 5.86. The predicted octanol–water partition coefficient (Wildman–Crippen LogP) is 8.69. The molecule has 3 amide bonds. The summed E-state index contributed by atoms with van der Waals surface area (Å²) >= 11 is 0. The van der Waals surface area contributed by atoms with Gasteiger partial charge in [-0.3, -0.25) is 24.1 Å². The first kappa shape index (κ1) is 68.1. The number of nitrogens with one attached hydrogen (secondary N) is 4. The Morgan fingerprint density at radius 1 is 0.662 bits per heavy atom. The molecule has 0 radical (unpaired) electrons. The minimum atomic E-state index is -1.35. The van der Waals surface area contributed by atoms with Crippen LogP contribution in [-0.4, -0.2) is 98.5 Å². The Kier molecular flexibility index (Phi) is 37.1. The van der Waals surface area contributed by atoms with Gasteiger partial charge in [-0.05, 0) is 83.5 Å². The second-order valence-electron chi connectivity index (χ2n) is 21.1. The molecule has 3 rings (SSSR count). The van der Waals surface area contributed by atoms with E-state index in [0.29, 0.717) is 44.6 Å². The van der Waals surface area contributed by atoms with Gasteiger partial charge in [0.25, 0.3) is 5.56 Å². The van der Waals surface area contributed by atoms with E-state index in [9.17, 15) is 24.0 Å². The summed E-state index contributed by atoms with van der Waals surface area (Å²) in [6.07, 6.45) is 39.5. The molecule has 80 heavy (non-hydrogen) atoms. The van der Waals surface area contributed by atoms with Crippen LogP contribution in [0.3, 0.4) is 0 Å². The van der Waals surface area contributed by atoms with E-state index in [1.165, 1.54) is 87.9 Å². The van der Waals surface area contributed by atoms with E-state index in [1.54, 1.807) is 6.20 Å². The van der Waals surface area contributed by atoms with Crippen LogP contribution in [0.25, 0.3) is 0 Å². The third-order valence-corrected chi connectivity index (χ3v) is 14.0. The van der Waals surface area contributed by atoms with Gasteiger partial charge in [0.05, 0.1) is 19.3 Å². The number of ether oxygens (including phenoxy) is 3. The van der Waals surface area contributed by atoms with E-state index in [-0.39, 0.29) is 25.0 Å². The van der Waals surface area contributed by atoms with Crippen molar-refractivity contribution in [3.8, 4) is 0 Å². The van der Waals surface area contributed by atoms with Crippen LogP contribution in [0, 0.1) is 0 Å². The van der Waals surface area contributed by atoms with Gasteiger partial charge in [0, 0.05) is 31.9 Å². The number of unbranched alkanes of at least 4 members (excludes halogenated alkanes) is 25. The van der Waals surface area contributed by atoms with Crippen molar-refractivity contribution < 1.29 is 28.6 Å². The second-order valence-corrected chi connectivity index (χ2v) is 21.1. The number of carbonyl (C=O) groups is 3. The number of allylic oxidation sites excluding steroid dienone is 4. The Morgan fingerprint density at radius 2 is 1.16 bits per heavy atom. The van der Waals surface area contributed by atoms with Crippen molar-refractivity contribution in [2.45, 2.75) is 257 Å². The fourth-order valence-corrected chi connectivity index (χ4v) is 9.51. The summed E-state index contributed by atoms with van der Waals surface area (Å²) in [7, 11) is 0. The van der Waals surface area contributed by atoms with Crippen molar-refractivity contribution in [3.63, 3.8) is 0 Å². The van der Waals surface area contributed by atoms with Crippen LogP contribution < -0.4 is 50.1 Å². The Bertz CT molecular complexity index is 2220. The lowest BCUT2D eigenvalue weighted by Crippen LogP contribution is -2.45. The maximum absolute atomic E-state index is 13.6. The van der Waals surface area contributed by atoms with Crippen LogP contribution in [0.15, 0.2) is 62.3 Å². The number of H-pyrrole nitrogens is 1. The minimum absolute atomic E-state index is 0.0198. The lowest BCUT2D eigenvalue weighted by molar-refractivity contribution is -0.122. The highest BCUT2D eigenvalue weighted by atomic mass is 16.7. The smallest absolute Gasteiger partial charge is 0.407 e. The third kappa shape index (κ3) is 31.6. The number of aromatic nitrogens is 5. The van der Waals surface area contributed by atoms with Crippen molar-refractivity contribution in [3.05, 3.63) is 69.3 Å². The van der Waals surface area contributed by atoms with Crippen molar-refractivity contribution in [2.75, 3.05) is 19.6 Å². The third-order valence-electron chi connectivity index (χ3n) is 14.0. The number of alkyl carbamates (subject to hydrolysis) is 2. The van der Waals surface area contributed by atoms with Gasteiger partial charge in [-0.2, -0.15) is 0 Å². The van der Waals surface area contributed by atoms with Gasteiger partial charge in [-0.1, -0.05) is 159 Å². The molecular formula is C58H102N14O8. The number of guanidine groups is 2. The number of nitrogens with zero attached hydrogens (tertiary/aromatic N) is 6. The van der Waals surface area contributed by atoms with Crippen LogP contribution in [0.2, 0.25) is 0 Å². The molecule has 0 saturated carbocycles. The topological polar surface area (TPSA) is 329 Å². The summed E-state index contributed by atoms with van der Waals surface area (Å²) in [5.74, 6) is -0.698. The average molecular weight is 1120 g/mol. The minimum Gasteiger partial charge on any atom is -0.439 e. The number of aliphatic imine (C=N–C) groups is 2. The maximum Gasteiger partial charge on any atom is 0.407 e. The standard InChI is InChI=1S/C58H102N14O8/c1-3-5-7-9-11-13-15-17-19-21-23-25-27-29-31-34-40-64-57(76)79-50-48(45-71-44-46(69-70-71)43-66-52(74)47(67-55(61)62)37-33-36-39-63-54(59)60)78-53(72-42-38-49(73)68-56(72)75)51(50)80-58(77)65-41-35-32-30-28-26-24-22-20-18-16-14-12-10-8-6-4-2/h17-20,38,42,44,47-48,50-51,53H,3-16,21-37,39-41,43,45H2,1-2H3,(H,64,76)(H,65,77)(H,66,74)(H4,59,60,63)(H4,61,62,67)(H,68,73,75)/b19-17-,20-18-/t47-,48+,50+,51+,53+/m0/s1. The first-order chi connectivity index (χ1) is 38.9. The zero-order valence-electron chi connectivity index (χ0n) is 48.6. The lowest BCUT2D eigenvalue weighted by Gasteiger charge is -2.25. The van der Waals surface area contributed by atoms with Gasteiger partial charge in [-0.25, -0.2) is 24.1 Å². The predicted molar refractivity (Wildman–Crippen MR) is 317 cm³/mol. The van der Waals surface area contributed by atoms with Gasteiger partial charge >= 0.3 is 17.9 Å². The molecule has 1 aliphatic heterocycles. The summed E-state index contributed by atoms with van der Waals surface area (Å²) in [5.41, 5.74) is 21.0. The highest BCUT2D eigenvalue weighted by Crippen LogP contribution is 2.34. The summed E-state index contributed by atoms with van der Waals surface area (Å²) in [6, 6.07) is 0.269. The van der Waals surface area contributed by atoms with Crippen molar-refractivity contribution in [1.29, 1.82) is 0 Å². The molecule has 0 unspecified atom stereocenters. The van der Waals surface area contributed by atoms with E-state index in [0.717, 1.165) is 113 Å². The van der Waals surface area contributed by atoms with Gasteiger partial charge in [0.1, 0.15) is 17.8 Å². The molecule has 12 N–H and O–H groups in total. The number of nitrogens with two attached hydrogens (primary N) is 4. The largest absolute Gasteiger partial charge is 0.439 e.